The number of nitrogens with zero attached hydrogens (tertiary/aromatic N) is 2. The van der Waals surface area contributed by atoms with Crippen LogP contribution in [0.1, 0.15) is 17.3 Å². The molecule has 6 nitrogen and oxygen atoms in total. The van der Waals surface area contributed by atoms with Crippen molar-refractivity contribution in [3.8, 4) is 0 Å². The molecule has 9 heteroatoms. The second-order valence-electron chi connectivity index (χ2n) is 6.65. The summed E-state index contributed by atoms with van der Waals surface area (Å²) in [5.74, 6) is -0.405. The van der Waals surface area contributed by atoms with Crippen LogP contribution in [0.25, 0.3) is 10.2 Å². The zero-order valence-corrected chi connectivity index (χ0v) is 18.8. The van der Waals surface area contributed by atoms with Gasteiger partial charge in [0.05, 0.1) is 15.1 Å². The molecule has 0 unspecified atom stereocenters. The molecule has 0 fully saturated rings. The molecule has 4 rings (SSSR count). The van der Waals surface area contributed by atoms with E-state index in [0.717, 1.165) is 10.2 Å². The lowest BCUT2D eigenvalue weighted by Gasteiger charge is -2.08. The smallest absolute Gasteiger partial charge is 0.279 e. The summed E-state index contributed by atoms with van der Waals surface area (Å²) in [5.41, 5.74) is 1.69. The molecule has 0 aliphatic rings. The van der Waals surface area contributed by atoms with Gasteiger partial charge in [-0.05, 0) is 61.5 Å². The Balaban J connectivity index is 1.60. The fourth-order valence-electron chi connectivity index (χ4n) is 3.08. The molecule has 3 aromatic carbocycles. The minimum atomic E-state index is -3.69. The van der Waals surface area contributed by atoms with Crippen molar-refractivity contribution in [1.82, 2.24) is 4.57 Å². The van der Waals surface area contributed by atoms with Gasteiger partial charge < -0.3 is 4.57 Å². The molecule has 31 heavy (non-hydrogen) atoms. The van der Waals surface area contributed by atoms with Gasteiger partial charge in [0, 0.05) is 22.8 Å². The molecule has 0 radical (unpaired) electrons. The van der Waals surface area contributed by atoms with Crippen molar-refractivity contribution >= 4 is 54.8 Å². The Morgan fingerprint density at radius 2 is 1.77 bits per heavy atom. The molecule has 0 bridgehead atoms. The number of carbonyl (C=O) groups excluding carboxylic acids is 1. The minimum Gasteiger partial charge on any atom is -0.317 e. The van der Waals surface area contributed by atoms with Gasteiger partial charge in [0.25, 0.3) is 15.9 Å². The number of anilines is 1. The normalized spacial score (nSPS) is 12.3. The Hall–Kier alpha value is -2.94. The number of sulfonamides is 1. The maximum Gasteiger partial charge on any atom is 0.279 e. The van der Waals surface area contributed by atoms with E-state index in [1.807, 2.05) is 29.7 Å². The van der Waals surface area contributed by atoms with E-state index in [1.54, 1.807) is 42.5 Å². The molecule has 0 spiro atoms. The van der Waals surface area contributed by atoms with Crippen LogP contribution < -0.4 is 9.52 Å². The van der Waals surface area contributed by atoms with Gasteiger partial charge in [-0.2, -0.15) is 4.99 Å². The Labute approximate surface area is 188 Å². The SMILES string of the molecule is CCn1c(=NC(=O)c2ccc(NS(=O)(=O)c3ccccc3)cc2)sc2cc(Cl)ccc21. The number of aromatic nitrogens is 1. The zero-order chi connectivity index (χ0) is 22.0. The van der Waals surface area contributed by atoms with Gasteiger partial charge in [-0.1, -0.05) is 41.1 Å². The van der Waals surface area contributed by atoms with Crippen molar-refractivity contribution in [2.45, 2.75) is 18.4 Å². The third-order valence-corrected chi connectivity index (χ3v) is 7.27. The third kappa shape index (κ3) is 4.56. The maximum atomic E-state index is 12.7. The number of nitrogens with one attached hydrogen (secondary N) is 1. The number of hydrogen-bond acceptors (Lipinski definition) is 4. The Morgan fingerprint density at radius 3 is 2.45 bits per heavy atom. The number of carbonyl (C=O) groups is 1. The van der Waals surface area contributed by atoms with Gasteiger partial charge >= 0.3 is 0 Å². The fourth-order valence-corrected chi connectivity index (χ4v) is 5.53. The number of aryl methyl sites for hydroxylation is 1. The number of thiazole rings is 1. The number of hydrogen-bond donors (Lipinski definition) is 1. The van der Waals surface area contributed by atoms with E-state index >= 15 is 0 Å². The maximum absolute atomic E-state index is 12.7. The van der Waals surface area contributed by atoms with Crippen LogP contribution in [0.3, 0.4) is 0 Å². The summed E-state index contributed by atoms with van der Waals surface area (Å²) in [5, 5.41) is 0.628. The van der Waals surface area contributed by atoms with E-state index < -0.39 is 15.9 Å². The lowest BCUT2D eigenvalue weighted by molar-refractivity contribution is 0.0998. The topological polar surface area (TPSA) is 80.5 Å². The van der Waals surface area contributed by atoms with E-state index in [-0.39, 0.29) is 4.90 Å². The summed E-state index contributed by atoms with van der Waals surface area (Å²) < 4.78 is 30.3. The van der Waals surface area contributed by atoms with Crippen LogP contribution in [0.2, 0.25) is 5.02 Å². The fraction of sp³-hybridized carbons (Fsp3) is 0.0909. The van der Waals surface area contributed by atoms with Crippen LogP contribution in [0.4, 0.5) is 5.69 Å². The van der Waals surface area contributed by atoms with Gasteiger partial charge in [0.2, 0.25) is 0 Å². The standard InChI is InChI=1S/C22H18ClN3O3S2/c1-2-26-19-13-10-16(23)14-20(19)30-22(26)24-21(27)15-8-11-17(12-9-15)25-31(28,29)18-6-4-3-5-7-18/h3-14,25H,2H2,1H3. The summed E-state index contributed by atoms with van der Waals surface area (Å²) >= 11 is 7.47. The van der Waals surface area contributed by atoms with Crippen molar-refractivity contribution in [3.63, 3.8) is 0 Å². The summed E-state index contributed by atoms with van der Waals surface area (Å²) in [6, 6.07) is 19.8. The predicted molar refractivity (Wildman–Crippen MR) is 124 cm³/mol. The summed E-state index contributed by atoms with van der Waals surface area (Å²) in [6.45, 7) is 2.64. The van der Waals surface area contributed by atoms with E-state index in [1.165, 1.54) is 23.5 Å². The lowest BCUT2D eigenvalue weighted by Crippen LogP contribution is -2.16. The van der Waals surface area contributed by atoms with Gasteiger partial charge in [-0.15, -0.1) is 0 Å². The van der Waals surface area contributed by atoms with Crippen LogP contribution in [-0.4, -0.2) is 18.9 Å². The van der Waals surface area contributed by atoms with Crippen molar-refractivity contribution in [1.29, 1.82) is 0 Å². The molecule has 0 saturated heterocycles. The van der Waals surface area contributed by atoms with E-state index in [9.17, 15) is 13.2 Å². The first-order valence-electron chi connectivity index (χ1n) is 9.43. The first-order valence-corrected chi connectivity index (χ1v) is 12.1. The van der Waals surface area contributed by atoms with Crippen LogP contribution in [0, 0.1) is 0 Å². The van der Waals surface area contributed by atoms with Gasteiger partial charge in [-0.25, -0.2) is 8.42 Å². The van der Waals surface area contributed by atoms with Crippen molar-refractivity contribution in [2.75, 3.05) is 4.72 Å². The second-order valence-corrected chi connectivity index (χ2v) is 9.78. The molecular weight excluding hydrogens is 454 g/mol. The second kappa shape index (κ2) is 8.66. The number of fused-ring (bicyclic) bond motifs is 1. The highest BCUT2D eigenvalue weighted by molar-refractivity contribution is 7.92. The molecule has 0 atom stereocenters. The average Bonchev–Trinajstić information content (AvgIpc) is 3.10. The summed E-state index contributed by atoms with van der Waals surface area (Å²) in [4.78, 5) is 17.7. The average molecular weight is 472 g/mol. The predicted octanol–water partition coefficient (Wildman–Crippen LogP) is 4.92. The van der Waals surface area contributed by atoms with Crippen LogP contribution in [0.5, 0.6) is 0 Å². The summed E-state index contributed by atoms with van der Waals surface area (Å²) in [7, 11) is -3.69. The van der Waals surface area contributed by atoms with Gasteiger partial charge in [0.15, 0.2) is 4.80 Å². The Bertz CT molecular complexity index is 1420. The number of benzene rings is 3. The molecule has 1 amide bonds. The highest BCUT2D eigenvalue weighted by Gasteiger charge is 2.14. The van der Waals surface area contributed by atoms with E-state index in [4.69, 9.17) is 11.6 Å². The first kappa shape index (κ1) is 21.3. The molecule has 1 N–H and O–H groups in total. The van der Waals surface area contributed by atoms with Crippen LogP contribution in [0.15, 0.2) is 82.7 Å². The monoisotopic (exact) mass is 471 g/mol. The first-order chi connectivity index (χ1) is 14.9. The van der Waals surface area contributed by atoms with Gasteiger partial charge in [-0.3, -0.25) is 9.52 Å². The van der Waals surface area contributed by atoms with Crippen molar-refractivity contribution < 1.29 is 13.2 Å². The molecule has 0 aliphatic carbocycles. The van der Waals surface area contributed by atoms with E-state index in [2.05, 4.69) is 9.71 Å². The van der Waals surface area contributed by atoms with E-state index in [0.29, 0.717) is 27.6 Å². The number of halogens is 1. The quantitative estimate of drug-likeness (QED) is 0.448. The zero-order valence-electron chi connectivity index (χ0n) is 16.4. The highest BCUT2D eigenvalue weighted by Crippen LogP contribution is 2.22. The molecule has 158 valence electrons. The molecule has 0 saturated carbocycles. The largest absolute Gasteiger partial charge is 0.317 e. The highest BCUT2D eigenvalue weighted by atomic mass is 35.5. The third-order valence-electron chi connectivity index (χ3n) is 4.60. The van der Waals surface area contributed by atoms with Gasteiger partial charge in [0.1, 0.15) is 0 Å². The van der Waals surface area contributed by atoms with Crippen molar-refractivity contribution in [3.05, 3.63) is 88.2 Å². The number of rotatable bonds is 5. The molecule has 0 aliphatic heterocycles. The molecular formula is C22H18ClN3O3S2. The van der Waals surface area contributed by atoms with Crippen molar-refractivity contribution in [2.24, 2.45) is 4.99 Å². The Kier molecular flexibility index (Phi) is 5.95. The Morgan fingerprint density at radius 1 is 1.06 bits per heavy atom. The minimum absolute atomic E-state index is 0.166. The number of amides is 1. The lowest BCUT2D eigenvalue weighted by atomic mass is 10.2. The molecule has 1 heterocycles. The van der Waals surface area contributed by atoms with Crippen LogP contribution >= 0.6 is 22.9 Å². The summed E-state index contributed by atoms with van der Waals surface area (Å²) in [6.07, 6.45) is 0. The molecule has 4 aromatic rings. The van der Waals surface area contributed by atoms with Crippen LogP contribution in [-0.2, 0) is 16.6 Å². The molecule has 1 aromatic heterocycles.